The van der Waals surface area contributed by atoms with Gasteiger partial charge in [0.15, 0.2) is 11.6 Å². The van der Waals surface area contributed by atoms with E-state index in [9.17, 15) is 0 Å². The molecule has 1 aliphatic heterocycles. The molecule has 0 radical (unpaired) electrons. The molecule has 1 unspecified atom stereocenters. The summed E-state index contributed by atoms with van der Waals surface area (Å²) in [4.78, 5) is 6.59. The minimum Gasteiger partial charge on any atom is -0.493 e. The summed E-state index contributed by atoms with van der Waals surface area (Å²) < 4.78 is 11.3. The Hall–Kier alpha value is -1.33. The van der Waals surface area contributed by atoms with E-state index in [0.29, 0.717) is 6.54 Å². The van der Waals surface area contributed by atoms with Gasteiger partial charge in [0, 0.05) is 25.8 Å². The monoisotopic (exact) mass is 251 g/mol. The van der Waals surface area contributed by atoms with Crippen LogP contribution in [-0.4, -0.2) is 43.4 Å². The van der Waals surface area contributed by atoms with E-state index in [4.69, 9.17) is 15.2 Å². The van der Waals surface area contributed by atoms with Gasteiger partial charge in [0.05, 0.1) is 18.8 Å². The zero-order chi connectivity index (χ0) is 13.2. The average molecular weight is 251 g/mol. The number of morpholine rings is 1. The molecule has 2 N–H and O–H groups in total. The molecule has 2 heterocycles. The fraction of sp³-hybridized carbons (Fsp3) is 0.615. The molecule has 5 heteroatoms. The third kappa shape index (κ3) is 2.73. The van der Waals surface area contributed by atoms with Gasteiger partial charge in [-0.25, -0.2) is 4.98 Å². The second-order valence-corrected chi connectivity index (χ2v) is 5.15. The molecule has 1 saturated heterocycles. The third-order valence-corrected chi connectivity index (χ3v) is 3.01. The van der Waals surface area contributed by atoms with Crippen LogP contribution in [0.15, 0.2) is 18.3 Å². The average Bonchev–Trinajstić information content (AvgIpc) is 2.36. The maximum atomic E-state index is 5.91. The molecule has 0 aromatic carbocycles. The fourth-order valence-electron chi connectivity index (χ4n) is 2.36. The normalized spacial score (nSPS) is 22.9. The Labute approximate surface area is 108 Å². The standard InChI is InChI=1S/C13H21N3O2/c1-13(2)9-16(8-10(7-14)18-13)12-11(17-3)5-4-6-15-12/h4-6,10H,7-9,14H2,1-3H3. The molecule has 0 aliphatic carbocycles. The van der Waals surface area contributed by atoms with Gasteiger partial charge in [-0.1, -0.05) is 0 Å². The molecule has 0 saturated carbocycles. The Bertz CT molecular complexity index is 409. The number of hydrogen-bond acceptors (Lipinski definition) is 5. The van der Waals surface area contributed by atoms with Crippen molar-refractivity contribution >= 4 is 5.82 Å². The lowest BCUT2D eigenvalue weighted by molar-refractivity contribution is -0.0790. The summed E-state index contributed by atoms with van der Waals surface area (Å²) in [5.41, 5.74) is 5.50. The lowest BCUT2D eigenvalue weighted by atomic mass is 10.0. The SMILES string of the molecule is COc1cccnc1N1CC(CN)OC(C)(C)C1. The van der Waals surface area contributed by atoms with Crippen LogP contribution in [0.1, 0.15) is 13.8 Å². The number of hydrogen-bond donors (Lipinski definition) is 1. The Balaban J connectivity index is 2.26. The van der Waals surface area contributed by atoms with E-state index in [1.807, 2.05) is 12.1 Å². The number of rotatable bonds is 3. The third-order valence-electron chi connectivity index (χ3n) is 3.01. The van der Waals surface area contributed by atoms with Crippen LogP contribution in [0.4, 0.5) is 5.82 Å². The minimum absolute atomic E-state index is 0.0282. The lowest BCUT2D eigenvalue weighted by Gasteiger charge is -2.43. The predicted octanol–water partition coefficient (Wildman–Crippen LogP) is 1.03. The molecule has 1 atom stereocenters. The van der Waals surface area contributed by atoms with Crippen LogP contribution >= 0.6 is 0 Å². The summed E-state index contributed by atoms with van der Waals surface area (Å²) in [7, 11) is 1.66. The van der Waals surface area contributed by atoms with E-state index in [0.717, 1.165) is 24.7 Å². The number of nitrogens with two attached hydrogens (primary N) is 1. The Morgan fingerprint density at radius 1 is 1.61 bits per heavy atom. The van der Waals surface area contributed by atoms with E-state index >= 15 is 0 Å². The van der Waals surface area contributed by atoms with Crippen molar-refractivity contribution in [3.8, 4) is 5.75 Å². The van der Waals surface area contributed by atoms with Gasteiger partial charge in [0.2, 0.25) is 0 Å². The van der Waals surface area contributed by atoms with Gasteiger partial charge in [-0.3, -0.25) is 0 Å². The van der Waals surface area contributed by atoms with Crippen molar-refractivity contribution in [3.05, 3.63) is 18.3 Å². The molecule has 1 aliphatic rings. The second kappa shape index (κ2) is 5.12. The Morgan fingerprint density at radius 3 is 3.06 bits per heavy atom. The summed E-state index contributed by atoms with van der Waals surface area (Å²) in [5, 5.41) is 0. The lowest BCUT2D eigenvalue weighted by Crippen LogP contribution is -2.55. The highest BCUT2D eigenvalue weighted by molar-refractivity contribution is 5.52. The van der Waals surface area contributed by atoms with E-state index in [-0.39, 0.29) is 11.7 Å². The molecule has 0 bridgehead atoms. The van der Waals surface area contributed by atoms with Crippen LogP contribution in [-0.2, 0) is 4.74 Å². The van der Waals surface area contributed by atoms with Crippen LogP contribution in [0.25, 0.3) is 0 Å². The van der Waals surface area contributed by atoms with Crippen molar-refractivity contribution in [3.63, 3.8) is 0 Å². The van der Waals surface area contributed by atoms with E-state index in [1.54, 1.807) is 13.3 Å². The first-order valence-electron chi connectivity index (χ1n) is 6.17. The number of ether oxygens (including phenoxy) is 2. The first-order chi connectivity index (χ1) is 8.55. The summed E-state index contributed by atoms with van der Waals surface area (Å²) in [6, 6.07) is 3.79. The van der Waals surface area contributed by atoms with E-state index in [2.05, 4.69) is 23.7 Å². The molecule has 0 amide bonds. The molecule has 1 aromatic rings. The summed E-state index contributed by atoms with van der Waals surface area (Å²) >= 11 is 0. The highest BCUT2D eigenvalue weighted by atomic mass is 16.5. The van der Waals surface area contributed by atoms with Crippen molar-refractivity contribution in [2.24, 2.45) is 5.73 Å². The van der Waals surface area contributed by atoms with Gasteiger partial charge in [0.1, 0.15) is 0 Å². The van der Waals surface area contributed by atoms with Crippen LogP contribution in [0.5, 0.6) is 5.75 Å². The number of pyridine rings is 1. The Kier molecular flexibility index (Phi) is 3.73. The Morgan fingerprint density at radius 2 is 2.39 bits per heavy atom. The number of aromatic nitrogens is 1. The van der Waals surface area contributed by atoms with Crippen LogP contribution in [0.3, 0.4) is 0 Å². The maximum Gasteiger partial charge on any atom is 0.171 e. The summed E-state index contributed by atoms with van der Waals surface area (Å²) in [6.45, 7) is 6.16. The molecule has 0 spiro atoms. The molecule has 1 fully saturated rings. The molecule has 1 aromatic heterocycles. The highest BCUT2D eigenvalue weighted by Gasteiger charge is 2.34. The zero-order valence-corrected chi connectivity index (χ0v) is 11.2. The number of nitrogens with zero attached hydrogens (tertiary/aromatic N) is 2. The van der Waals surface area contributed by atoms with Gasteiger partial charge in [-0.15, -0.1) is 0 Å². The van der Waals surface area contributed by atoms with Crippen molar-refractivity contribution in [2.45, 2.75) is 25.6 Å². The van der Waals surface area contributed by atoms with Crippen molar-refractivity contribution < 1.29 is 9.47 Å². The van der Waals surface area contributed by atoms with Gasteiger partial charge in [-0.05, 0) is 26.0 Å². The van der Waals surface area contributed by atoms with Crippen molar-refractivity contribution in [1.29, 1.82) is 0 Å². The van der Waals surface area contributed by atoms with Gasteiger partial charge in [-0.2, -0.15) is 0 Å². The number of anilines is 1. The first kappa shape index (κ1) is 13.1. The molecule has 18 heavy (non-hydrogen) atoms. The smallest absolute Gasteiger partial charge is 0.171 e. The van der Waals surface area contributed by atoms with Gasteiger partial charge < -0.3 is 20.1 Å². The molecule has 5 nitrogen and oxygen atoms in total. The molecule has 100 valence electrons. The topological polar surface area (TPSA) is 60.6 Å². The maximum absolute atomic E-state index is 5.91. The molecule has 2 rings (SSSR count). The molecular weight excluding hydrogens is 230 g/mol. The predicted molar refractivity (Wildman–Crippen MR) is 71.0 cm³/mol. The van der Waals surface area contributed by atoms with Crippen LogP contribution < -0.4 is 15.4 Å². The van der Waals surface area contributed by atoms with Crippen molar-refractivity contribution in [2.75, 3.05) is 31.6 Å². The van der Waals surface area contributed by atoms with Crippen LogP contribution in [0, 0.1) is 0 Å². The van der Waals surface area contributed by atoms with Gasteiger partial charge in [0.25, 0.3) is 0 Å². The van der Waals surface area contributed by atoms with Crippen molar-refractivity contribution in [1.82, 2.24) is 4.98 Å². The summed E-state index contributed by atoms with van der Waals surface area (Å²) in [5.74, 6) is 1.64. The van der Waals surface area contributed by atoms with Gasteiger partial charge >= 0.3 is 0 Å². The van der Waals surface area contributed by atoms with E-state index in [1.165, 1.54) is 0 Å². The second-order valence-electron chi connectivity index (χ2n) is 5.15. The number of methoxy groups -OCH3 is 1. The largest absolute Gasteiger partial charge is 0.493 e. The molecular formula is C13H21N3O2. The minimum atomic E-state index is -0.231. The fourth-order valence-corrected chi connectivity index (χ4v) is 2.36. The highest BCUT2D eigenvalue weighted by Crippen LogP contribution is 2.30. The summed E-state index contributed by atoms with van der Waals surface area (Å²) in [6.07, 6.45) is 1.80. The zero-order valence-electron chi connectivity index (χ0n) is 11.2. The first-order valence-corrected chi connectivity index (χ1v) is 6.17. The van der Waals surface area contributed by atoms with Crippen LogP contribution in [0.2, 0.25) is 0 Å². The quantitative estimate of drug-likeness (QED) is 0.869. The van der Waals surface area contributed by atoms with E-state index < -0.39 is 0 Å².